The molecule has 0 atom stereocenters. The number of rotatable bonds is 4. The molecule has 0 heterocycles. The van der Waals surface area contributed by atoms with Crippen LogP contribution >= 0.6 is 0 Å². The molecule has 1 aromatic carbocycles. The lowest BCUT2D eigenvalue weighted by molar-refractivity contribution is -0.136. The Hall–Kier alpha value is -1.77. The van der Waals surface area contributed by atoms with Crippen LogP contribution in [0.2, 0.25) is 0 Å². The summed E-state index contributed by atoms with van der Waals surface area (Å²) in [6, 6.07) is 3.48. The van der Waals surface area contributed by atoms with Gasteiger partial charge < -0.3 is 5.11 Å². The van der Waals surface area contributed by atoms with E-state index in [-0.39, 0.29) is 12.1 Å². The van der Waals surface area contributed by atoms with Crippen LogP contribution in [-0.4, -0.2) is 25.0 Å². The van der Waals surface area contributed by atoms with Crippen molar-refractivity contribution in [2.45, 2.75) is 18.9 Å². The lowest BCUT2D eigenvalue weighted by Gasteiger charge is -2.12. The van der Waals surface area contributed by atoms with E-state index in [0.29, 0.717) is 11.1 Å². The fraction of sp³-hybridized carbons (Fsp3) is 0.300. The molecule has 0 unspecified atom stereocenters. The summed E-state index contributed by atoms with van der Waals surface area (Å²) in [7, 11) is -5.47. The highest BCUT2D eigenvalue weighted by molar-refractivity contribution is 7.93. The predicted molar refractivity (Wildman–Crippen MR) is 61.1 cm³/mol. The van der Waals surface area contributed by atoms with Crippen LogP contribution < -0.4 is 4.72 Å². The molecular formula is C10H10F3NO4S. The van der Waals surface area contributed by atoms with E-state index in [9.17, 15) is 26.4 Å². The average molecular weight is 297 g/mol. The molecule has 0 bridgehead atoms. The summed E-state index contributed by atoms with van der Waals surface area (Å²) in [5.74, 6) is -1.09. The second-order valence-corrected chi connectivity index (χ2v) is 5.44. The van der Waals surface area contributed by atoms with Gasteiger partial charge >= 0.3 is 21.5 Å². The molecule has 0 aliphatic carbocycles. The Balaban J connectivity index is 3.00. The standard InChI is InChI=1S/C10H10F3NO4S/c1-6-4-8(3-2-7(6)5-9(15)16)14-19(17,18)10(11,12)13/h2-4,14H,5H2,1H3,(H,15,16). The number of benzene rings is 1. The fourth-order valence-electron chi connectivity index (χ4n) is 1.33. The van der Waals surface area contributed by atoms with Crippen LogP contribution in [0.1, 0.15) is 11.1 Å². The first-order valence-corrected chi connectivity index (χ1v) is 6.41. The first-order chi connectivity index (χ1) is 8.53. The van der Waals surface area contributed by atoms with Crippen LogP contribution in [0, 0.1) is 6.92 Å². The zero-order valence-corrected chi connectivity index (χ0v) is 10.5. The molecule has 1 aromatic rings. The number of carbonyl (C=O) groups is 1. The Morgan fingerprint density at radius 2 is 1.95 bits per heavy atom. The molecule has 0 aliphatic heterocycles. The molecule has 0 radical (unpaired) electrons. The van der Waals surface area contributed by atoms with Gasteiger partial charge in [0.1, 0.15) is 0 Å². The number of hydrogen-bond donors (Lipinski definition) is 2. The van der Waals surface area contributed by atoms with E-state index < -0.39 is 21.5 Å². The van der Waals surface area contributed by atoms with E-state index >= 15 is 0 Å². The number of carboxylic acid groups (broad SMARTS) is 1. The van der Waals surface area contributed by atoms with Gasteiger partial charge in [0, 0.05) is 5.69 Å². The molecule has 0 saturated carbocycles. The normalized spacial score (nSPS) is 12.2. The summed E-state index contributed by atoms with van der Waals surface area (Å²) in [4.78, 5) is 10.5. The molecule has 0 spiro atoms. The van der Waals surface area contributed by atoms with E-state index in [4.69, 9.17) is 5.11 Å². The van der Waals surface area contributed by atoms with Crippen molar-refractivity contribution in [1.82, 2.24) is 0 Å². The van der Waals surface area contributed by atoms with Crippen LogP contribution in [0.3, 0.4) is 0 Å². The lowest BCUT2D eigenvalue weighted by atomic mass is 10.1. The monoisotopic (exact) mass is 297 g/mol. The number of sulfonamides is 1. The summed E-state index contributed by atoms with van der Waals surface area (Å²) in [5, 5.41) is 8.59. The van der Waals surface area contributed by atoms with Crippen molar-refractivity contribution in [3.8, 4) is 0 Å². The van der Waals surface area contributed by atoms with Gasteiger partial charge in [0.2, 0.25) is 0 Å². The smallest absolute Gasteiger partial charge is 0.481 e. The third kappa shape index (κ3) is 3.85. The zero-order valence-electron chi connectivity index (χ0n) is 9.65. The quantitative estimate of drug-likeness (QED) is 0.889. The lowest BCUT2D eigenvalue weighted by Crippen LogP contribution is -2.29. The van der Waals surface area contributed by atoms with Crippen molar-refractivity contribution in [1.29, 1.82) is 0 Å². The highest BCUT2D eigenvalue weighted by Crippen LogP contribution is 2.26. The van der Waals surface area contributed by atoms with Crippen LogP contribution in [-0.2, 0) is 21.2 Å². The maximum atomic E-state index is 12.1. The van der Waals surface area contributed by atoms with Gasteiger partial charge in [0.05, 0.1) is 6.42 Å². The molecule has 0 aromatic heterocycles. The second kappa shape index (κ2) is 5.08. The summed E-state index contributed by atoms with van der Waals surface area (Å²) in [6.45, 7) is 1.48. The summed E-state index contributed by atoms with van der Waals surface area (Å²) in [5.41, 5.74) is -4.91. The van der Waals surface area contributed by atoms with Gasteiger partial charge in [-0.2, -0.15) is 21.6 Å². The number of alkyl halides is 3. The number of nitrogens with one attached hydrogen (secondary N) is 1. The maximum Gasteiger partial charge on any atom is 0.516 e. The van der Waals surface area contributed by atoms with Gasteiger partial charge in [-0.15, -0.1) is 0 Å². The van der Waals surface area contributed by atoms with E-state index in [0.717, 1.165) is 12.1 Å². The number of aryl methyl sites for hydroxylation is 1. The van der Waals surface area contributed by atoms with Gasteiger partial charge in [0.15, 0.2) is 0 Å². The van der Waals surface area contributed by atoms with Crippen LogP contribution in [0.25, 0.3) is 0 Å². The Labute approximate surface area is 107 Å². The number of halogens is 3. The first kappa shape index (κ1) is 15.3. The molecule has 9 heteroatoms. The number of anilines is 1. The molecule has 0 fully saturated rings. The number of aliphatic carboxylic acids is 1. The Morgan fingerprint density at radius 3 is 2.37 bits per heavy atom. The van der Waals surface area contributed by atoms with Crippen molar-refractivity contribution in [3.63, 3.8) is 0 Å². The average Bonchev–Trinajstić information content (AvgIpc) is 2.19. The Morgan fingerprint density at radius 1 is 1.37 bits per heavy atom. The topological polar surface area (TPSA) is 83.5 Å². The van der Waals surface area contributed by atoms with Crippen molar-refractivity contribution in [2.24, 2.45) is 0 Å². The van der Waals surface area contributed by atoms with E-state index in [2.05, 4.69) is 0 Å². The molecule has 0 amide bonds. The summed E-state index contributed by atoms with van der Waals surface area (Å²) < 4.78 is 59.5. The van der Waals surface area contributed by atoms with Crippen LogP contribution in [0.15, 0.2) is 18.2 Å². The van der Waals surface area contributed by atoms with Crippen molar-refractivity contribution in [2.75, 3.05) is 4.72 Å². The van der Waals surface area contributed by atoms with E-state index in [1.54, 1.807) is 0 Å². The molecule has 0 saturated heterocycles. The third-order valence-corrected chi connectivity index (χ3v) is 3.36. The van der Waals surface area contributed by atoms with E-state index in [1.807, 2.05) is 0 Å². The number of carboxylic acids is 1. The largest absolute Gasteiger partial charge is 0.516 e. The Kier molecular flexibility index (Phi) is 4.09. The van der Waals surface area contributed by atoms with Crippen molar-refractivity contribution in [3.05, 3.63) is 29.3 Å². The maximum absolute atomic E-state index is 12.1. The van der Waals surface area contributed by atoms with Gasteiger partial charge in [-0.1, -0.05) is 6.07 Å². The molecule has 1 rings (SSSR count). The highest BCUT2D eigenvalue weighted by atomic mass is 32.2. The first-order valence-electron chi connectivity index (χ1n) is 4.93. The summed E-state index contributed by atoms with van der Waals surface area (Å²) in [6.07, 6.45) is -0.294. The van der Waals surface area contributed by atoms with Crippen molar-refractivity contribution < 1.29 is 31.5 Å². The SMILES string of the molecule is Cc1cc(NS(=O)(=O)C(F)(F)F)ccc1CC(=O)O. The molecule has 0 aliphatic rings. The molecule has 2 N–H and O–H groups in total. The van der Waals surface area contributed by atoms with Crippen LogP contribution in [0.4, 0.5) is 18.9 Å². The van der Waals surface area contributed by atoms with Gasteiger partial charge in [-0.05, 0) is 30.2 Å². The molecule has 5 nitrogen and oxygen atoms in total. The Bertz CT molecular complexity index is 595. The minimum atomic E-state index is -5.47. The second-order valence-electron chi connectivity index (χ2n) is 3.76. The minimum Gasteiger partial charge on any atom is -0.481 e. The molecule has 106 valence electrons. The zero-order chi connectivity index (χ0) is 14.8. The van der Waals surface area contributed by atoms with E-state index in [1.165, 1.54) is 17.7 Å². The van der Waals surface area contributed by atoms with Gasteiger partial charge in [-0.25, -0.2) is 0 Å². The van der Waals surface area contributed by atoms with Crippen molar-refractivity contribution >= 4 is 21.7 Å². The minimum absolute atomic E-state index is 0.274. The number of hydrogen-bond acceptors (Lipinski definition) is 3. The summed E-state index contributed by atoms with van der Waals surface area (Å²) >= 11 is 0. The van der Waals surface area contributed by atoms with Gasteiger partial charge in [-0.3, -0.25) is 9.52 Å². The molecule has 19 heavy (non-hydrogen) atoms. The molecular weight excluding hydrogens is 287 g/mol. The fourth-order valence-corrected chi connectivity index (χ4v) is 1.89. The van der Waals surface area contributed by atoms with Gasteiger partial charge in [0.25, 0.3) is 0 Å². The highest BCUT2D eigenvalue weighted by Gasteiger charge is 2.46. The third-order valence-electron chi connectivity index (χ3n) is 2.24. The predicted octanol–water partition coefficient (Wildman–Crippen LogP) is 1.88. The van der Waals surface area contributed by atoms with Crippen LogP contribution in [0.5, 0.6) is 0 Å².